The van der Waals surface area contributed by atoms with Crippen molar-refractivity contribution < 1.29 is 19.8 Å². The molecule has 0 fully saturated rings. The van der Waals surface area contributed by atoms with Gasteiger partial charge in [0.25, 0.3) is 0 Å². The van der Waals surface area contributed by atoms with Crippen LogP contribution in [0.4, 0.5) is 0 Å². The van der Waals surface area contributed by atoms with Crippen LogP contribution in [0.2, 0.25) is 0 Å². The maximum atomic E-state index is 11.2. The third-order valence-electron chi connectivity index (χ3n) is 3.16. The van der Waals surface area contributed by atoms with Crippen molar-refractivity contribution in [1.29, 1.82) is 0 Å². The molecule has 3 atom stereocenters. The first kappa shape index (κ1) is 16.1. The summed E-state index contributed by atoms with van der Waals surface area (Å²) in [5.41, 5.74) is 5.75. The van der Waals surface area contributed by atoms with Crippen LogP contribution < -0.4 is 10.9 Å². The second-order valence-corrected chi connectivity index (χ2v) is 4.65. The summed E-state index contributed by atoms with van der Waals surface area (Å²) in [5, 5.41) is 18.2. The van der Waals surface area contributed by atoms with Crippen LogP contribution in [0.5, 0.6) is 0 Å². The third kappa shape index (κ3) is 4.63. The summed E-state index contributed by atoms with van der Waals surface area (Å²) in [4.78, 5) is 29.0. The minimum absolute atomic E-state index is 0.125. The molecule has 112 valence electrons. The van der Waals surface area contributed by atoms with E-state index in [2.05, 4.69) is 20.8 Å². The number of hydrogen-bond acceptors (Lipinski definition) is 5. The molecule has 0 saturated carbocycles. The maximum absolute atomic E-state index is 11.2. The van der Waals surface area contributed by atoms with Crippen LogP contribution in [0.15, 0.2) is 12.5 Å². The molecule has 1 aromatic rings. The lowest BCUT2D eigenvalue weighted by molar-refractivity contribution is -0.144. The Morgan fingerprint density at radius 2 is 2.05 bits per heavy atom. The molecule has 0 aliphatic heterocycles. The van der Waals surface area contributed by atoms with Crippen LogP contribution in [-0.2, 0) is 16.0 Å². The first-order valence-corrected chi connectivity index (χ1v) is 6.40. The third-order valence-corrected chi connectivity index (χ3v) is 3.16. The zero-order chi connectivity index (χ0) is 15.1. The highest BCUT2D eigenvalue weighted by atomic mass is 16.4. The number of nitrogens with one attached hydrogen (secondary N) is 3. The number of H-pyrrole nitrogens is 1. The quantitative estimate of drug-likeness (QED) is 0.404. The molecule has 1 aromatic heterocycles. The van der Waals surface area contributed by atoms with E-state index < -0.39 is 24.0 Å². The fourth-order valence-corrected chi connectivity index (χ4v) is 1.69. The number of rotatable bonds is 9. The average molecular weight is 284 g/mol. The Kier molecular flexibility index (Phi) is 6.13. The Morgan fingerprint density at radius 1 is 1.35 bits per heavy atom. The zero-order valence-electron chi connectivity index (χ0n) is 11.5. The Hall–Kier alpha value is -1.93. The summed E-state index contributed by atoms with van der Waals surface area (Å²) in [7, 11) is 0. The molecule has 0 spiro atoms. The number of carboxylic acids is 2. The number of hydrazine groups is 1. The molecule has 0 amide bonds. The van der Waals surface area contributed by atoms with Gasteiger partial charge in [0.15, 0.2) is 0 Å². The van der Waals surface area contributed by atoms with Crippen LogP contribution in [0.25, 0.3) is 0 Å². The zero-order valence-corrected chi connectivity index (χ0v) is 11.5. The van der Waals surface area contributed by atoms with Crippen LogP contribution in [0.3, 0.4) is 0 Å². The summed E-state index contributed by atoms with van der Waals surface area (Å²) in [6.45, 7) is 3.66. The van der Waals surface area contributed by atoms with Gasteiger partial charge in [-0.2, -0.15) is 0 Å². The van der Waals surface area contributed by atoms with Crippen molar-refractivity contribution >= 4 is 11.9 Å². The van der Waals surface area contributed by atoms with Gasteiger partial charge in [0.05, 0.1) is 12.0 Å². The van der Waals surface area contributed by atoms with Crippen molar-refractivity contribution in [2.24, 2.45) is 5.92 Å². The summed E-state index contributed by atoms with van der Waals surface area (Å²) >= 11 is 0. The highest BCUT2D eigenvalue weighted by Crippen LogP contribution is 2.07. The van der Waals surface area contributed by atoms with Gasteiger partial charge in [-0.05, 0) is 5.92 Å². The van der Waals surface area contributed by atoms with Gasteiger partial charge in [0.2, 0.25) is 0 Å². The first-order chi connectivity index (χ1) is 9.45. The Bertz CT molecular complexity index is 435. The predicted molar refractivity (Wildman–Crippen MR) is 70.9 cm³/mol. The lowest BCUT2D eigenvalue weighted by atomic mass is 10.00. The molecule has 0 unspecified atom stereocenters. The van der Waals surface area contributed by atoms with E-state index in [-0.39, 0.29) is 12.3 Å². The number of aliphatic carboxylic acids is 2. The SMILES string of the molecule is CC[C@H](C)[C@H](NN[C@@H](Cc1c[nH]cn1)C(=O)O)C(=O)O. The van der Waals surface area contributed by atoms with Gasteiger partial charge in [0, 0.05) is 12.6 Å². The van der Waals surface area contributed by atoms with Crippen molar-refractivity contribution in [2.45, 2.75) is 38.8 Å². The molecule has 0 aliphatic rings. The molecular weight excluding hydrogens is 264 g/mol. The molecule has 0 radical (unpaired) electrons. The predicted octanol–water partition coefficient (Wildman–Crippen LogP) is -0.00110. The largest absolute Gasteiger partial charge is 0.480 e. The number of nitrogens with zero attached hydrogens (tertiary/aromatic N) is 1. The molecule has 0 saturated heterocycles. The van der Waals surface area contributed by atoms with E-state index in [4.69, 9.17) is 10.2 Å². The van der Waals surface area contributed by atoms with Gasteiger partial charge in [-0.25, -0.2) is 15.8 Å². The minimum Gasteiger partial charge on any atom is -0.480 e. The molecular formula is C12H20N4O4. The van der Waals surface area contributed by atoms with Crippen molar-refractivity contribution in [3.8, 4) is 0 Å². The normalized spacial score (nSPS) is 15.5. The lowest BCUT2D eigenvalue weighted by Crippen LogP contribution is -2.55. The summed E-state index contributed by atoms with van der Waals surface area (Å²) in [6.07, 6.45) is 3.88. The lowest BCUT2D eigenvalue weighted by Gasteiger charge is -2.23. The molecule has 0 aromatic carbocycles. The van der Waals surface area contributed by atoms with Crippen molar-refractivity contribution in [1.82, 2.24) is 20.8 Å². The molecule has 8 nitrogen and oxygen atoms in total. The number of imidazole rings is 1. The minimum atomic E-state index is -1.08. The van der Waals surface area contributed by atoms with E-state index in [1.165, 1.54) is 6.33 Å². The highest BCUT2D eigenvalue weighted by Gasteiger charge is 2.26. The number of hydrogen-bond donors (Lipinski definition) is 5. The van der Waals surface area contributed by atoms with Crippen LogP contribution in [-0.4, -0.2) is 44.2 Å². The van der Waals surface area contributed by atoms with Gasteiger partial charge >= 0.3 is 11.9 Å². The fourth-order valence-electron chi connectivity index (χ4n) is 1.69. The van der Waals surface area contributed by atoms with E-state index in [1.807, 2.05) is 6.92 Å². The second kappa shape index (κ2) is 7.61. The Labute approximate surface area is 116 Å². The van der Waals surface area contributed by atoms with Crippen LogP contribution in [0, 0.1) is 5.92 Å². The standard InChI is InChI=1S/C12H20N4O4/c1-3-7(2)10(12(19)20)16-15-9(11(17)18)4-8-5-13-6-14-8/h5-7,9-10,15-16H,3-4H2,1-2H3,(H,13,14)(H,17,18)(H,19,20)/t7-,9-,10-/m0/s1. The average Bonchev–Trinajstić information content (AvgIpc) is 2.89. The maximum Gasteiger partial charge on any atom is 0.322 e. The Morgan fingerprint density at radius 3 is 2.50 bits per heavy atom. The monoisotopic (exact) mass is 284 g/mol. The first-order valence-electron chi connectivity index (χ1n) is 6.40. The van der Waals surface area contributed by atoms with Gasteiger partial charge in [-0.3, -0.25) is 9.59 Å². The van der Waals surface area contributed by atoms with Gasteiger partial charge in [-0.15, -0.1) is 0 Å². The molecule has 0 bridgehead atoms. The van der Waals surface area contributed by atoms with Crippen molar-refractivity contribution in [3.63, 3.8) is 0 Å². The summed E-state index contributed by atoms with van der Waals surface area (Å²) < 4.78 is 0. The van der Waals surface area contributed by atoms with Gasteiger partial charge in [-0.1, -0.05) is 20.3 Å². The summed E-state index contributed by atoms with van der Waals surface area (Å²) in [5.74, 6) is -2.22. The second-order valence-electron chi connectivity index (χ2n) is 4.65. The topological polar surface area (TPSA) is 127 Å². The van der Waals surface area contributed by atoms with E-state index in [0.717, 1.165) is 0 Å². The smallest absolute Gasteiger partial charge is 0.322 e. The van der Waals surface area contributed by atoms with Crippen molar-refractivity contribution in [2.75, 3.05) is 0 Å². The van der Waals surface area contributed by atoms with Crippen LogP contribution >= 0.6 is 0 Å². The fraction of sp³-hybridized carbons (Fsp3) is 0.583. The van der Waals surface area contributed by atoms with E-state index >= 15 is 0 Å². The highest BCUT2D eigenvalue weighted by molar-refractivity contribution is 5.75. The van der Waals surface area contributed by atoms with Crippen molar-refractivity contribution in [3.05, 3.63) is 18.2 Å². The molecule has 8 heteroatoms. The summed E-state index contributed by atoms with van der Waals surface area (Å²) in [6, 6.07) is -1.80. The molecule has 1 heterocycles. The van der Waals surface area contributed by atoms with Crippen LogP contribution in [0.1, 0.15) is 26.0 Å². The molecule has 0 aliphatic carbocycles. The number of aromatic amines is 1. The van der Waals surface area contributed by atoms with E-state index in [1.54, 1.807) is 13.1 Å². The number of carboxylic acid groups (broad SMARTS) is 2. The number of aromatic nitrogens is 2. The van der Waals surface area contributed by atoms with Gasteiger partial charge in [0.1, 0.15) is 12.1 Å². The molecule has 20 heavy (non-hydrogen) atoms. The molecule has 1 rings (SSSR count). The van der Waals surface area contributed by atoms with Gasteiger partial charge < -0.3 is 15.2 Å². The molecule has 5 N–H and O–H groups in total. The Balaban J connectivity index is 2.61. The van der Waals surface area contributed by atoms with E-state index in [0.29, 0.717) is 12.1 Å². The van der Waals surface area contributed by atoms with E-state index in [9.17, 15) is 9.59 Å². The number of carbonyl (C=O) groups is 2.